The van der Waals surface area contributed by atoms with Crippen molar-refractivity contribution < 1.29 is 4.74 Å². The summed E-state index contributed by atoms with van der Waals surface area (Å²) in [5.41, 5.74) is 1.07. The van der Waals surface area contributed by atoms with Gasteiger partial charge in [-0.05, 0) is 32.9 Å². The monoisotopic (exact) mass is 208 g/mol. The lowest BCUT2D eigenvalue weighted by atomic mass is 10.2. The van der Waals surface area contributed by atoms with Crippen molar-refractivity contribution >= 4 is 0 Å². The maximum absolute atomic E-state index is 5.45. The smallest absolute Gasteiger partial charge is 0.0594 e. The number of pyridine rings is 1. The Hall–Kier alpha value is -0.930. The Kier molecular flexibility index (Phi) is 5.29. The van der Waals surface area contributed by atoms with E-state index in [-0.39, 0.29) is 6.04 Å². The number of nitrogens with zero attached hydrogens (tertiary/aromatic N) is 1. The van der Waals surface area contributed by atoms with Crippen LogP contribution in [0.3, 0.4) is 0 Å². The molecule has 84 valence electrons. The van der Waals surface area contributed by atoms with Crippen molar-refractivity contribution in [2.45, 2.75) is 32.9 Å². The zero-order valence-electron chi connectivity index (χ0n) is 9.73. The molecule has 1 atom stereocenters. The van der Waals surface area contributed by atoms with E-state index in [1.165, 1.54) is 0 Å². The molecule has 0 bridgehead atoms. The zero-order chi connectivity index (χ0) is 11.1. The van der Waals surface area contributed by atoms with Crippen molar-refractivity contribution in [3.05, 3.63) is 30.1 Å². The van der Waals surface area contributed by atoms with Crippen molar-refractivity contribution in [1.29, 1.82) is 0 Å². The molecule has 1 aromatic heterocycles. The number of hydrogen-bond donors (Lipinski definition) is 1. The van der Waals surface area contributed by atoms with Crippen LogP contribution in [-0.4, -0.2) is 24.2 Å². The molecule has 3 heteroatoms. The molecule has 3 nitrogen and oxygen atoms in total. The second-order valence-corrected chi connectivity index (χ2v) is 3.85. The molecule has 1 N–H and O–H groups in total. The van der Waals surface area contributed by atoms with Crippen LogP contribution in [-0.2, 0) is 4.74 Å². The van der Waals surface area contributed by atoms with Crippen LogP contribution in [0.1, 0.15) is 32.5 Å². The van der Waals surface area contributed by atoms with Gasteiger partial charge in [-0.1, -0.05) is 6.07 Å². The second kappa shape index (κ2) is 6.53. The number of ether oxygens (including phenoxy) is 1. The van der Waals surface area contributed by atoms with Crippen molar-refractivity contribution in [3.8, 4) is 0 Å². The van der Waals surface area contributed by atoms with E-state index in [1.54, 1.807) is 0 Å². The summed E-state index contributed by atoms with van der Waals surface area (Å²) in [4.78, 5) is 4.29. The summed E-state index contributed by atoms with van der Waals surface area (Å²) in [6.45, 7) is 7.80. The molecule has 1 rings (SSSR count). The van der Waals surface area contributed by atoms with Gasteiger partial charge in [-0.15, -0.1) is 0 Å². The largest absolute Gasteiger partial charge is 0.377 e. The van der Waals surface area contributed by atoms with Gasteiger partial charge in [-0.25, -0.2) is 0 Å². The van der Waals surface area contributed by atoms with Crippen LogP contribution in [0.5, 0.6) is 0 Å². The average molecular weight is 208 g/mol. The fraction of sp³-hybridized carbons (Fsp3) is 0.583. The summed E-state index contributed by atoms with van der Waals surface area (Å²) in [6, 6.07) is 6.24. The van der Waals surface area contributed by atoms with E-state index in [4.69, 9.17) is 4.74 Å². The lowest BCUT2D eigenvalue weighted by Crippen LogP contribution is -2.24. The standard InChI is InChI=1S/C12H20N2O/c1-10(2)15-9-8-13-11(3)12-6-4-5-7-14-12/h4-7,10-11,13H,8-9H2,1-3H3. The fourth-order valence-corrected chi connectivity index (χ4v) is 1.31. The molecule has 0 radical (unpaired) electrons. The lowest BCUT2D eigenvalue weighted by Gasteiger charge is -2.14. The summed E-state index contributed by atoms with van der Waals surface area (Å²) in [5, 5.41) is 3.37. The second-order valence-electron chi connectivity index (χ2n) is 3.85. The normalized spacial score (nSPS) is 13.1. The first-order chi connectivity index (χ1) is 7.20. The van der Waals surface area contributed by atoms with Crippen molar-refractivity contribution in [3.63, 3.8) is 0 Å². The van der Waals surface area contributed by atoms with E-state index < -0.39 is 0 Å². The molecule has 1 unspecified atom stereocenters. The Morgan fingerprint density at radius 3 is 2.73 bits per heavy atom. The minimum absolute atomic E-state index is 0.280. The Morgan fingerprint density at radius 2 is 2.13 bits per heavy atom. The van der Waals surface area contributed by atoms with Gasteiger partial charge < -0.3 is 10.1 Å². The van der Waals surface area contributed by atoms with Gasteiger partial charge in [-0.3, -0.25) is 4.98 Å². The molecular weight excluding hydrogens is 188 g/mol. The van der Waals surface area contributed by atoms with Crippen LogP contribution in [0.25, 0.3) is 0 Å². The van der Waals surface area contributed by atoms with Gasteiger partial charge in [0.1, 0.15) is 0 Å². The first-order valence-electron chi connectivity index (χ1n) is 5.46. The Balaban J connectivity index is 2.22. The Labute approximate surface area is 91.9 Å². The third-order valence-corrected chi connectivity index (χ3v) is 2.14. The maximum atomic E-state index is 5.45. The van der Waals surface area contributed by atoms with Gasteiger partial charge in [-0.2, -0.15) is 0 Å². The van der Waals surface area contributed by atoms with Crippen LogP contribution in [0.15, 0.2) is 24.4 Å². The molecular formula is C12H20N2O. The number of nitrogens with one attached hydrogen (secondary N) is 1. The van der Waals surface area contributed by atoms with E-state index in [0.29, 0.717) is 6.10 Å². The van der Waals surface area contributed by atoms with Gasteiger partial charge in [0.15, 0.2) is 0 Å². The predicted octanol–water partition coefficient (Wildman–Crippen LogP) is 2.16. The summed E-state index contributed by atoms with van der Waals surface area (Å²) >= 11 is 0. The highest BCUT2D eigenvalue weighted by molar-refractivity contribution is 5.07. The molecule has 0 saturated heterocycles. The zero-order valence-corrected chi connectivity index (χ0v) is 9.73. The van der Waals surface area contributed by atoms with Crippen LogP contribution in [0.4, 0.5) is 0 Å². The van der Waals surface area contributed by atoms with Crippen LogP contribution in [0.2, 0.25) is 0 Å². The first kappa shape index (κ1) is 12.1. The molecule has 0 aliphatic heterocycles. The Morgan fingerprint density at radius 1 is 1.33 bits per heavy atom. The SMILES string of the molecule is CC(C)OCCNC(C)c1ccccn1. The third-order valence-electron chi connectivity index (χ3n) is 2.14. The molecule has 0 saturated carbocycles. The van der Waals surface area contributed by atoms with E-state index >= 15 is 0 Å². The van der Waals surface area contributed by atoms with Gasteiger partial charge in [0.2, 0.25) is 0 Å². The third kappa shape index (κ3) is 4.91. The molecule has 0 amide bonds. The van der Waals surface area contributed by atoms with Gasteiger partial charge in [0.05, 0.1) is 18.4 Å². The summed E-state index contributed by atoms with van der Waals surface area (Å²) in [7, 11) is 0. The average Bonchev–Trinajstić information content (AvgIpc) is 2.25. The van der Waals surface area contributed by atoms with E-state index in [0.717, 1.165) is 18.8 Å². The molecule has 0 aliphatic rings. The summed E-state index contributed by atoms with van der Waals surface area (Å²) in [6.07, 6.45) is 2.12. The number of rotatable bonds is 6. The van der Waals surface area contributed by atoms with E-state index in [2.05, 4.69) is 17.2 Å². The van der Waals surface area contributed by atoms with Crippen LogP contribution in [0, 0.1) is 0 Å². The molecule has 0 aromatic carbocycles. The lowest BCUT2D eigenvalue weighted by molar-refractivity contribution is 0.0795. The van der Waals surface area contributed by atoms with Gasteiger partial charge >= 0.3 is 0 Å². The number of aromatic nitrogens is 1. The molecule has 0 spiro atoms. The van der Waals surface area contributed by atoms with E-state index in [1.807, 2.05) is 38.2 Å². The van der Waals surface area contributed by atoms with Crippen LogP contribution >= 0.6 is 0 Å². The van der Waals surface area contributed by atoms with Gasteiger partial charge in [0, 0.05) is 18.8 Å². The highest BCUT2D eigenvalue weighted by atomic mass is 16.5. The molecule has 0 fully saturated rings. The number of hydrogen-bond acceptors (Lipinski definition) is 3. The fourth-order valence-electron chi connectivity index (χ4n) is 1.31. The minimum atomic E-state index is 0.280. The molecule has 15 heavy (non-hydrogen) atoms. The van der Waals surface area contributed by atoms with Crippen molar-refractivity contribution in [2.24, 2.45) is 0 Å². The van der Waals surface area contributed by atoms with Crippen molar-refractivity contribution in [2.75, 3.05) is 13.2 Å². The summed E-state index contributed by atoms with van der Waals surface area (Å²) < 4.78 is 5.45. The molecule has 1 heterocycles. The highest BCUT2D eigenvalue weighted by Gasteiger charge is 2.04. The molecule has 1 aromatic rings. The van der Waals surface area contributed by atoms with E-state index in [9.17, 15) is 0 Å². The Bertz CT molecular complexity index is 262. The predicted molar refractivity (Wildman–Crippen MR) is 61.7 cm³/mol. The topological polar surface area (TPSA) is 34.1 Å². The minimum Gasteiger partial charge on any atom is -0.377 e. The van der Waals surface area contributed by atoms with Crippen molar-refractivity contribution in [1.82, 2.24) is 10.3 Å². The van der Waals surface area contributed by atoms with Crippen LogP contribution < -0.4 is 5.32 Å². The first-order valence-corrected chi connectivity index (χ1v) is 5.46. The highest BCUT2D eigenvalue weighted by Crippen LogP contribution is 2.06. The molecule has 0 aliphatic carbocycles. The quantitative estimate of drug-likeness (QED) is 0.727. The summed E-state index contributed by atoms with van der Waals surface area (Å²) in [5.74, 6) is 0. The maximum Gasteiger partial charge on any atom is 0.0594 e. The van der Waals surface area contributed by atoms with Gasteiger partial charge in [0.25, 0.3) is 0 Å².